The van der Waals surface area contributed by atoms with E-state index >= 15 is 0 Å². The summed E-state index contributed by atoms with van der Waals surface area (Å²) in [5.74, 6) is -0.137. The standard InChI is InChI=1S/C8H8O4/c1-11-7-4-2-6(3-5-7)8(9)12-10/h2-5,10H,1H3. The fourth-order valence-corrected chi connectivity index (χ4v) is 0.780. The van der Waals surface area contributed by atoms with E-state index in [1.807, 2.05) is 0 Å². The first-order valence-electron chi connectivity index (χ1n) is 3.27. The van der Waals surface area contributed by atoms with Crippen LogP contribution in [0.25, 0.3) is 0 Å². The molecular formula is C8H8O4. The van der Waals surface area contributed by atoms with Crippen LogP contribution in [0.1, 0.15) is 10.4 Å². The second-order valence-electron chi connectivity index (χ2n) is 2.11. The van der Waals surface area contributed by atoms with E-state index in [0.717, 1.165) is 0 Å². The molecule has 1 aromatic rings. The highest BCUT2D eigenvalue weighted by atomic mass is 17.1. The van der Waals surface area contributed by atoms with Gasteiger partial charge in [0.25, 0.3) is 0 Å². The molecule has 0 unspecified atom stereocenters. The van der Waals surface area contributed by atoms with E-state index in [1.54, 1.807) is 12.1 Å². The summed E-state index contributed by atoms with van der Waals surface area (Å²) in [6, 6.07) is 6.20. The van der Waals surface area contributed by atoms with Crippen LogP contribution in [0.15, 0.2) is 24.3 Å². The van der Waals surface area contributed by atoms with Gasteiger partial charge in [0.15, 0.2) is 0 Å². The summed E-state index contributed by atoms with van der Waals surface area (Å²) in [7, 11) is 1.53. The van der Waals surface area contributed by atoms with E-state index in [0.29, 0.717) is 5.75 Å². The zero-order valence-corrected chi connectivity index (χ0v) is 6.48. The number of rotatable bonds is 2. The van der Waals surface area contributed by atoms with Crippen LogP contribution in [0.4, 0.5) is 0 Å². The highest BCUT2D eigenvalue weighted by molar-refractivity contribution is 5.88. The Morgan fingerprint density at radius 1 is 1.33 bits per heavy atom. The molecule has 64 valence electrons. The fraction of sp³-hybridized carbons (Fsp3) is 0.125. The Bertz CT molecular complexity index is 265. The summed E-state index contributed by atoms with van der Waals surface area (Å²) in [5.41, 5.74) is 0.276. The third kappa shape index (κ3) is 1.73. The largest absolute Gasteiger partial charge is 0.497 e. The van der Waals surface area contributed by atoms with E-state index in [4.69, 9.17) is 9.99 Å². The van der Waals surface area contributed by atoms with Crippen LogP contribution in [0.2, 0.25) is 0 Å². The Morgan fingerprint density at radius 3 is 2.33 bits per heavy atom. The molecule has 1 N–H and O–H groups in total. The molecule has 0 bridgehead atoms. The fourth-order valence-electron chi connectivity index (χ4n) is 0.780. The molecule has 1 aromatic carbocycles. The number of methoxy groups -OCH3 is 1. The van der Waals surface area contributed by atoms with Crippen molar-refractivity contribution in [1.29, 1.82) is 0 Å². The molecule has 12 heavy (non-hydrogen) atoms. The quantitative estimate of drug-likeness (QED) is 0.534. The summed E-state index contributed by atoms with van der Waals surface area (Å²) >= 11 is 0. The molecule has 0 radical (unpaired) electrons. The van der Waals surface area contributed by atoms with Crippen molar-refractivity contribution in [1.82, 2.24) is 0 Å². The van der Waals surface area contributed by atoms with Crippen molar-refractivity contribution in [3.63, 3.8) is 0 Å². The van der Waals surface area contributed by atoms with Gasteiger partial charge >= 0.3 is 5.97 Å². The van der Waals surface area contributed by atoms with Gasteiger partial charge in [0.2, 0.25) is 0 Å². The van der Waals surface area contributed by atoms with Gasteiger partial charge in [0.1, 0.15) is 5.75 Å². The molecule has 0 amide bonds. The Labute approximate surface area is 69.3 Å². The monoisotopic (exact) mass is 168 g/mol. The summed E-state index contributed by atoms with van der Waals surface area (Å²) < 4.78 is 4.87. The van der Waals surface area contributed by atoms with Crippen LogP contribution in [0, 0.1) is 0 Å². The average molecular weight is 168 g/mol. The Balaban J connectivity index is 2.84. The smallest absolute Gasteiger partial charge is 0.372 e. The van der Waals surface area contributed by atoms with Gasteiger partial charge in [-0.25, -0.2) is 4.79 Å². The second kappa shape index (κ2) is 3.73. The zero-order valence-electron chi connectivity index (χ0n) is 6.48. The molecule has 0 aliphatic heterocycles. The summed E-state index contributed by atoms with van der Waals surface area (Å²) in [6.07, 6.45) is 0. The van der Waals surface area contributed by atoms with Crippen LogP contribution in [-0.4, -0.2) is 18.3 Å². The minimum atomic E-state index is -0.780. The van der Waals surface area contributed by atoms with Crippen LogP contribution in [-0.2, 0) is 4.89 Å². The van der Waals surface area contributed by atoms with Gasteiger partial charge in [-0.2, -0.15) is 5.26 Å². The van der Waals surface area contributed by atoms with E-state index in [1.165, 1.54) is 19.2 Å². The van der Waals surface area contributed by atoms with Crippen LogP contribution >= 0.6 is 0 Å². The molecule has 0 heterocycles. The Morgan fingerprint density at radius 2 is 1.92 bits per heavy atom. The first-order chi connectivity index (χ1) is 5.77. The number of carbonyl (C=O) groups is 1. The molecule has 1 rings (SSSR count). The highest BCUT2D eigenvalue weighted by Gasteiger charge is 2.05. The Kier molecular flexibility index (Phi) is 2.66. The molecule has 4 heteroatoms. The first kappa shape index (κ1) is 8.55. The Hall–Kier alpha value is -1.55. The van der Waals surface area contributed by atoms with Crippen molar-refractivity contribution in [2.75, 3.05) is 7.11 Å². The van der Waals surface area contributed by atoms with E-state index in [-0.39, 0.29) is 5.56 Å². The predicted octanol–water partition coefficient (Wildman–Crippen LogP) is 1.32. The number of benzene rings is 1. The maximum absolute atomic E-state index is 10.7. The molecule has 0 saturated heterocycles. The topological polar surface area (TPSA) is 55.8 Å². The summed E-state index contributed by atoms with van der Waals surface area (Å²) in [4.78, 5) is 14.2. The normalized spacial score (nSPS) is 9.17. The van der Waals surface area contributed by atoms with Gasteiger partial charge < -0.3 is 4.74 Å². The van der Waals surface area contributed by atoms with Gasteiger partial charge in [-0.1, -0.05) is 0 Å². The van der Waals surface area contributed by atoms with Gasteiger partial charge in [0, 0.05) is 0 Å². The van der Waals surface area contributed by atoms with Crippen molar-refractivity contribution < 1.29 is 19.7 Å². The minimum absolute atomic E-state index is 0.276. The van der Waals surface area contributed by atoms with Gasteiger partial charge in [-0.15, -0.1) is 0 Å². The lowest BCUT2D eigenvalue weighted by Gasteiger charge is -1.99. The molecule has 0 aliphatic carbocycles. The number of carbonyl (C=O) groups excluding carboxylic acids is 1. The number of ether oxygens (including phenoxy) is 1. The summed E-state index contributed by atoms with van der Waals surface area (Å²) in [6.45, 7) is 0. The maximum Gasteiger partial charge on any atom is 0.372 e. The third-order valence-electron chi connectivity index (χ3n) is 1.41. The van der Waals surface area contributed by atoms with Crippen molar-refractivity contribution in [3.8, 4) is 5.75 Å². The van der Waals surface area contributed by atoms with Crippen molar-refractivity contribution in [2.45, 2.75) is 0 Å². The zero-order chi connectivity index (χ0) is 8.97. The lowest BCUT2D eigenvalue weighted by atomic mass is 10.2. The van der Waals surface area contributed by atoms with Crippen molar-refractivity contribution >= 4 is 5.97 Å². The van der Waals surface area contributed by atoms with Gasteiger partial charge in [-0.05, 0) is 24.3 Å². The van der Waals surface area contributed by atoms with E-state index < -0.39 is 5.97 Å². The van der Waals surface area contributed by atoms with E-state index in [2.05, 4.69) is 4.89 Å². The van der Waals surface area contributed by atoms with Crippen LogP contribution in [0.5, 0.6) is 5.75 Å². The van der Waals surface area contributed by atoms with Gasteiger partial charge in [-0.3, -0.25) is 4.89 Å². The molecule has 0 atom stereocenters. The van der Waals surface area contributed by atoms with Crippen molar-refractivity contribution in [2.24, 2.45) is 0 Å². The minimum Gasteiger partial charge on any atom is -0.497 e. The van der Waals surface area contributed by atoms with Crippen LogP contribution < -0.4 is 4.74 Å². The SMILES string of the molecule is COc1ccc(C(=O)OO)cc1. The molecule has 0 spiro atoms. The van der Waals surface area contributed by atoms with Gasteiger partial charge in [0.05, 0.1) is 12.7 Å². The third-order valence-corrected chi connectivity index (χ3v) is 1.41. The predicted molar refractivity (Wildman–Crippen MR) is 41.0 cm³/mol. The second-order valence-corrected chi connectivity index (χ2v) is 2.11. The molecule has 0 aliphatic rings. The molecule has 0 fully saturated rings. The average Bonchev–Trinajstić information content (AvgIpc) is 2.17. The van der Waals surface area contributed by atoms with E-state index in [9.17, 15) is 4.79 Å². The van der Waals surface area contributed by atoms with Crippen molar-refractivity contribution in [3.05, 3.63) is 29.8 Å². The van der Waals surface area contributed by atoms with Crippen LogP contribution in [0.3, 0.4) is 0 Å². The summed E-state index contributed by atoms with van der Waals surface area (Å²) in [5, 5.41) is 8.03. The molecular weight excluding hydrogens is 160 g/mol. The maximum atomic E-state index is 10.7. The molecule has 0 aromatic heterocycles. The molecule has 0 saturated carbocycles. The highest BCUT2D eigenvalue weighted by Crippen LogP contribution is 2.11. The lowest BCUT2D eigenvalue weighted by molar-refractivity contribution is -0.182. The number of hydrogen-bond donors (Lipinski definition) is 1. The lowest BCUT2D eigenvalue weighted by Crippen LogP contribution is -2.00. The number of hydrogen-bond acceptors (Lipinski definition) is 4. The molecule has 4 nitrogen and oxygen atoms in total. The first-order valence-corrected chi connectivity index (χ1v) is 3.27.